The molecule has 2 heterocycles. The molecule has 126 valence electrons. The molecule has 6 heteroatoms. The molecule has 2 rings (SSSR count). The molecule has 3 atom stereocenters. The van der Waals surface area contributed by atoms with Crippen LogP contribution in [0.1, 0.15) is 40.5 Å². The van der Waals surface area contributed by atoms with Crippen LogP contribution in [0, 0.1) is 10.8 Å². The molecule has 0 aromatic carbocycles. The maximum Gasteiger partial charge on any atom is 0.311 e. The first-order chi connectivity index (χ1) is 10.3. The van der Waals surface area contributed by atoms with Gasteiger partial charge in [-0.15, -0.1) is 0 Å². The zero-order valence-corrected chi connectivity index (χ0v) is 13.8. The van der Waals surface area contributed by atoms with Crippen molar-refractivity contribution in [3.05, 3.63) is 0 Å². The Balaban J connectivity index is 1.89. The lowest BCUT2D eigenvalue weighted by atomic mass is 9.72. The fourth-order valence-corrected chi connectivity index (χ4v) is 2.42. The van der Waals surface area contributed by atoms with Crippen LogP contribution in [0.25, 0.3) is 0 Å². The van der Waals surface area contributed by atoms with Crippen LogP contribution in [0.3, 0.4) is 0 Å². The monoisotopic (exact) mass is 314 g/mol. The predicted molar refractivity (Wildman–Crippen MR) is 78.2 cm³/mol. The Bertz CT molecular complexity index is 424. The molecule has 0 aromatic rings. The number of epoxide rings is 2. The summed E-state index contributed by atoms with van der Waals surface area (Å²) < 4.78 is 20.7. The summed E-state index contributed by atoms with van der Waals surface area (Å²) in [6.07, 6.45) is 1.06. The summed E-state index contributed by atoms with van der Waals surface area (Å²) in [6.45, 7) is 9.24. The van der Waals surface area contributed by atoms with Gasteiger partial charge in [-0.1, -0.05) is 6.92 Å². The Morgan fingerprint density at radius 3 is 1.86 bits per heavy atom. The molecular formula is C16H26O6. The first-order valence-electron chi connectivity index (χ1n) is 7.84. The highest BCUT2D eigenvalue weighted by Gasteiger charge is 2.43. The summed E-state index contributed by atoms with van der Waals surface area (Å²) in [4.78, 5) is 24.6. The van der Waals surface area contributed by atoms with Crippen molar-refractivity contribution in [3.63, 3.8) is 0 Å². The van der Waals surface area contributed by atoms with Crippen molar-refractivity contribution in [2.24, 2.45) is 10.8 Å². The highest BCUT2D eigenvalue weighted by Crippen LogP contribution is 2.38. The van der Waals surface area contributed by atoms with Crippen LogP contribution >= 0.6 is 0 Å². The lowest BCUT2D eigenvalue weighted by Crippen LogP contribution is -2.39. The van der Waals surface area contributed by atoms with E-state index < -0.39 is 10.8 Å². The molecule has 3 unspecified atom stereocenters. The molecule has 0 aliphatic carbocycles. The minimum atomic E-state index is -0.755. The topological polar surface area (TPSA) is 77.7 Å². The average Bonchev–Trinajstić information content (AvgIpc) is 3.35. The number of esters is 2. The molecule has 6 nitrogen and oxygen atoms in total. The van der Waals surface area contributed by atoms with E-state index >= 15 is 0 Å². The van der Waals surface area contributed by atoms with Crippen molar-refractivity contribution in [2.75, 3.05) is 26.4 Å². The third kappa shape index (κ3) is 4.68. The molecule has 0 bridgehead atoms. The highest BCUT2D eigenvalue weighted by molar-refractivity contribution is 5.80. The Morgan fingerprint density at radius 2 is 1.45 bits per heavy atom. The van der Waals surface area contributed by atoms with E-state index in [1.165, 1.54) is 0 Å². The van der Waals surface area contributed by atoms with E-state index in [-0.39, 0.29) is 37.4 Å². The summed E-state index contributed by atoms with van der Waals surface area (Å²) in [6, 6.07) is 0. The Morgan fingerprint density at radius 1 is 1.00 bits per heavy atom. The Labute approximate surface area is 131 Å². The van der Waals surface area contributed by atoms with Crippen LogP contribution in [0.15, 0.2) is 0 Å². The third-order valence-corrected chi connectivity index (χ3v) is 4.26. The minimum Gasteiger partial charge on any atom is -0.462 e. The van der Waals surface area contributed by atoms with E-state index in [1.54, 1.807) is 13.8 Å². The van der Waals surface area contributed by atoms with Crippen LogP contribution < -0.4 is 0 Å². The smallest absolute Gasteiger partial charge is 0.311 e. The van der Waals surface area contributed by atoms with Crippen LogP contribution in [0.5, 0.6) is 0 Å². The number of hydrogen-bond donors (Lipinski definition) is 0. The first kappa shape index (κ1) is 17.2. The first-order valence-corrected chi connectivity index (χ1v) is 7.84. The van der Waals surface area contributed by atoms with Gasteiger partial charge in [0.25, 0.3) is 0 Å². The largest absolute Gasteiger partial charge is 0.462 e. The predicted octanol–water partition coefficient (Wildman–Crippen LogP) is 1.70. The number of hydrogen-bond acceptors (Lipinski definition) is 6. The zero-order chi connectivity index (χ0) is 16.4. The van der Waals surface area contributed by atoms with Crippen LogP contribution in [0.4, 0.5) is 0 Å². The second kappa shape index (κ2) is 6.54. The van der Waals surface area contributed by atoms with E-state index in [9.17, 15) is 9.59 Å². The zero-order valence-electron chi connectivity index (χ0n) is 13.8. The van der Waals surface area contributed by atoms with Gasteiger partial charge in [0.05, 0.1) is 24.0 Å². The number of rotatable bonds is 9. The van der Waals surface area contributed by atoms with Crippen LogP contribution in [-0.4, -0.2) is 50.6 Å². The van der Waals surface area contributed by atoms with E-state index in [4.69, 9.17) is 18.9 Å². The molecule has 2 aliphatic heterocycles. The molecule has 0 N–H and O–H groups in total. The molecule has 0 spiro atoms. The number of ether oxygens (including phenoxy) is 4. The Hall–Kier alpha value is -1.14. The van der Waals surface area contributed by atoms with Crippen LogP contribution in [-0.2, 0) is 28.5 Å². The van der Waals surface area contributed by atoms with Gasteiger partial charge in [0.1, 0.15) is 25.4 Å². The van der Waals surface area contributed by atoms with Crippen molar-refractivity contribution in [1.29, 1.82) is 0 Å². The van der Waals surface area contributed by atoms with Crippen molar-refractivity contribution in [3.8, 4) is 0 Å². The van der Waals surface area contributed by atoms with E-state index in [0.29, 0.717) is 26.1 Å². The molecule has 0 amide bonds. The van der Waals surface area contributed by atoms with Gasteiger partial charge >= 0.3 is 11.9 Å². The second-order valence-corrected chi connectivity index (χ2v) is 7.08. The molecule has 0 radical (unpaired) electrons. The van der Waals surface area contributed by atoms with Gasteiger partial charge in [0.2, 0.25) is 0 Å². The molecule has 0 aromatic heterocycles. The SMILES string of the molecule is CCC(C)(CC(C)(C)C(=O)OCC1CO1)C(=O)OCC1CO1. The number of carbonyl (C=O) groups is 2. The lowest BCUT2D eigenvalue weighted by molar-refractivity contribution is -0.163. The maximum absolute atomic E-state index is 12.4. The van der Waals surface area contributed by atoms with Crippen molar-refractivity contribution in [2.45, 2.75) is 52.7 Å². The fourth-order valence-electron chi connectivity index (χ4n) is 2.42. The average molecular weight is 314 g/mol. The summed E-state index contributed by atoms with van der Waals surface area (Å²) in [5, 5.41) is 0. The molecular weight excluding hydrogens is 288 g/mol. The summed E-state index contributed by atoms with van der Waals surface area (Å²) >= 11 is 0. The standard InChI is InChI=1S/C16H26O6/c1-5-16(4,14(18)22-9-12-7-20-12)10-15(2,3)13(17)21-8-11-6-19-11/h11-12H,5-10H2,1-4H3. The molecule has 2 fully saturated rings. The van der Waals surface area contributed by atoms with Crippen molar-refractivity contribution >= 4 is 11.9 Å². The van der Waals surface area contributed by atoms with E-state index in [1.807, 2.05) is 13.8 Å². The van der Waals surface area contributed by atoms with E-state index in [0.717, 1.165) is 0 Å². The molecule has 2 aliphatic rings. The van der Waals surface area contributed by atoms with Gasteiger partial charge in [0, 0.05) is 0 Å². The van der Waals surface area contributed by atoms with Crippen LogP contribution in [0.2, 0.25) is 0 Å². The lowest BCUT2D eigenvalue weighted by Gasteiger charge is -2.33. The van der Waals surface area contributed by atoms with Gasteiger partial charge < -0.3 is 18.9 Å². The van der Waals surface area contributed by atoms with Gasteiger partial charge in [-0.05, 0) is 33.6 Å². The Kier molecular flexibility index (Phi) is 5.12. The van der Waals surface area contributed by atoms with Gasteiger partial charge in [-0.25, -0.2) is 0 Å². The highest BCUT2D eigenvalue weighted by atomic mass is 16.6. The third-order valence-electron chi connectivity index (χ3n) is 4.26. The summed E-state index contributed by atoms with van der Waals surface area (Å²) in [5.74, 6) is -0.585. The van der Waals surface area contributed by atoms with Gasteiger partial charge in [-0.3, -0.25) is 9.59 Å². The summed E-state index contributed by atoms with van der Waals surface area (Å²) in [7, 11) is 0. The van der Waals surface area contributed by atoms with Gasteiger partial charge in [0.15, 0.2) is 0 Å². The van der Waals surface area contributed by atoms with Crippen molar-refractivity contribution in [1.82, 2.24) is 0 Å². The normalized spacial score (nSPS) is 26.0. The number of carbonyl (C=O) groups excluding carboxylic acids is 2. The molecule has 2 saturated heterocycles. The summed E-state index contributed by atoms with van der Waals surface area (Å²) in [5.41, 5.74) is -1.47. The molecule has 22 heavy (non-hydrogen) atoms. The van der Waals surface area contributed by atoms with Crippen molar-refractivity contribution < 1.29 is 28.5 Å². The van der Waals surface area contributed by atoms with Gasteiger partial charge in [-0.2, -0.15) is 0 Å². The molecule has 0 saturated carbocycles. The second-order valence-electron chi connectivity index (χ2n) is 7.08. The maximum atomic E-state index is 12.4. The minimum absolute atomic E-state index is 0.0424. The fraction of sp³-hybridized carbons (Fsp3) is 0.875. The van der Waals surface area contributed by atoms with E-state index in [2.05, 4.69) is 0 Å². The quantitative estimate of drug-likeness (QED) is 0.476.